The normalized spacial score (nSPS) is 17.7. The van der Waals surface area contributed by atoms with E-state index in [0.29, 0.717) is 12.3 Å². The van der Waals surface area contributed by atoms with E-state index in [1.807, 2.05) is 72.8 Å². The maximum Gasteiger partial charge on any atom is 0.130 e. The molecule has 3 heteroatoms. The molecule has 1 aliphatic heterocycles. The first-order valence-electron chi connectivity index (χ1n) is 11.2. The number of likely N-dealkylation sites (tertiary alicyclic amines) is 1. The van der Waals surface area contributed by atoms with E-state index in [2.05, 4.69) is 31.7 Å². The maximum atomic E-state index is 12.3. The van der Waals surface area contributed by atoms with E-state index >= 15 is 0 Å². The van der Waals surface area contributed by atoms with Gasteiger partial charge in [-0.05, 0) is 47.6 Å². The molecule has 1 atom stereocenters. The molecule has 1 fully saturated rings. The van der Waals surface area contributed by atoms with Gasteiger partial charge in [-0.25, -0.2) is 0 Å². The second-order valence-corrected chi connectivity index (χ2v) is 9.72. The largest absolute Gasteiger partial charge is 0.508 e. The first-order chi connectivity index (χ1) is 14.8. The zero-order valence-electron chi connectivity index (χ0n) is 18.8. The van der Waals surface area contributed by atoms with E-state index < -0.39 is 5.60 Å². The van der Waals surface area contributed by atoms with E-state index in [1.54, 1.807) is 0 Å². The van der Waals surface area contributed by atoms with Crippen LogP contribution in [0.5, 0.6) is 5.75 Å². The molecule has 0 saturated carbocycles. The second-order valence-electron chi connectivity index (χ2n) is 9.72. The number of nitrogens with zero attached hydrogens (tertiary/aromatic N) is 1. The Morgan fingerprint density at radius 3 is 1.97 bits per heavy atom. The number of aliphatic hydroxyl groups is 1. The number of phenols is 1. The molecule has 162 valence electrons. The van der Waals surface area contributed by atoms with Gasteiger partial charge in [0, 0.05) is 18.2 Å². The van der Waals surface area contributed by atoms with Gasteiger partial charge in [0.05, 0.1) is 0 Å². The minimum absolute atomic E-state index is 0.0156. The fraction of sp³-hybridized carbons (Fsp3) is 0.357. The highest BCUT2D eigenvalue weighted by molar-refractivity contribution is 5.41. The summed E-state index contributed by atoms with van der Waals surface area (Å²) in [6.45, 7) is 8.07. The van der Waals surface area contributed by atoms with Crippen LogP contribution in [-0.4, -0.2) is 27.7 Å². The predicted molar refractivity (Wildman–Crippen MR) is 126 cm³/mol. The summed E-state index contributed by atoms with van der Waals surface area (Å²) in [6, 6.07) is 25.8. The third-order valence-electron chi connectivity index (χ3n) is 6.59. The Labute approximate surface area is 186 Å². The van der Waals surface area contributed by atoms with Crippen LogP contribution in [0.15, 0.2) is 78.9 Å². The van der Waals surface area contributed by atoms with Gasteiger partial charge in [-0.3, -0.25) is 4.90 Å². The molecule has 3 aromatic rings. The lowest BCUT2D eigenvalue weighted by Gasteiger charge is -2.40. The lowest BCUT2D eigenvalue weighted by Crippen LogP contribution is -2.48. The monoisotopic (exact) mass is 415 g/mol. The first kappa shape index (κ1) is 21.6. The SMILES string of the molecule is CC(C)(C)c1ccc(O)c(CN2CCC[C@@H]2C(O)(c2ccccc2)c2ccccc2)c1. The Morgan fingerprint density at radius 2 is 1.42 bits per heavy atom. The standard InChI is InChI=1S/C28H33NO2/c1-27(2,3)24-16-17-25(30)21(19-24)20-29-18-10-15-26(29)28(31,22-11-6-4-7-12-22)23-13-8-5-9-14-23/h4-9,11-14,16-17,19,26,30-31H,10,15,18,20H2,1-3H3/t26-/m1/s1. The quantitative estimate of drug-likeness (QED) is 0.571. The smallest absolute Gasteiger partial charge is 0.130 e. The van der Waals surface area contributed by atoms with Gasteiger partial charge < -0.3 is 10.2 Å². The molecule has 0 amide bonds. The zero-order chi connectivity index (χ0) is 22.1. The summed E-state index contributed by atoms with van der Waals surface area (Å²) in [4.78, 5) is 2.33. The Morgan fingerprint density at radius 1 is 0.839 bits per heavy atom. The number of phenolic OH excluding ortho intramolecular Hbond substituents is 1. The van der Waals surface area contributed by atoms with Gasteiger partial charge in [0.25, 0.3) is 0 Å². The summed E-state index contributed by atoms with van der Waals surface area (Å²) in [5.74, 6) is 0.321. The van der Waals surface area contributed by atoms with Gasteiger partial charge in [-0.2, -0.15) is 0 Å². The number of hydrogen-bond donors (Lipinski definition) is 2. The molecular weight excluding hydrogens is 382 g/mol. The lowest BCUT2D eigenvalue weighted by molar-refractivity contribution is -0.00673. The van der Waals surface area contributed by atoms with Gasteiger partial charge in [0.1, 0.15) is 11.4 Å². The van der Waals surface area contributed by atoms with Crippen molar-refractivity contribution in [3.8, 4) is 5.75 Å². The van der Waals surface area contributed by atoms with Gasteiger partial charge in [0.2, 0.25) is 0 Å². The first-order valence-corrected chi connectivity index (χ1v) is 11.2. The van der Waals surface area contributed by atoms with Crippen LogP contribution in [0.4, 0.5) is 0 Å². The molecule has 3 nitrogen and oxygen atoms in total. The van der Waals surface area contributed by atoms with Crippen molar-refractivity contribution in [3.63, 3.8) is 0 Å². The van der Waals surface area contributed by atoms with Crippen LogP contribution in [0.2, 0.25) is 0 Å². The second kappa shape index (κ2) is 8.49. The van der Waals surface area contributed by atoms with Crippen molar-refractivity contribution < 1.29 is 10.2 Å². The average molecular weight is 416 g/mol. The van der Waals surface area contributed by atoms with Crippen LogP contribution >= 0.6 is 0 Å². The molecule has 0 radical (unpaired) electrons. The summed E-state index contributed by atoms with van der Waals surface area (Å²) in [5.41, 5.74) is 2.84. The molecule has 1 saturated heterocycles. The minimum Gasteiger partial charge on any atom is -0.508 e. The average Bonchev–Trinajstić information content (AvgIpc) is 3.24. The molecular formula is C28H33NO2. The van der Waals surface area contributed by atoms with Crippen LogP contribution in [0.1, 0.15) is 55.9 Å². The highest BCUT2D eigenvalue weighted by atomic mass is 16.3. The summed E-state index contributed by atoms with van der Waals surface area (Å²) >= 11 is 0. The van der Waals surface area contributed by atoms with Crippen molar-refractivity contribution in [1.29, 1.82) is 0 Å². The van der Waals surface area contributed by atoms with E-state index in [0.717, 1.165) is 36.1 Å². The summed E-state index contributed by atoms with van der Waals surface area (Å²) in [7, 11) is 0. The van der Waals surface area contributed by atoms with Crippen molar-refractivity contribution in [2.75, 3.05) is 6.54 Å². The molecule has 0 unspecified atom stereocenters. The molecule has 1 heterocycles. The van der Waals surface area contributed by atoms with Gasteiger partial charge in [-0.1, -0.05) is 93.6 Å². The van der Waals surface area contributed by atoms with E-state index in [9.17, 15) is 10.2 Å². The summed E-state index contributed by atoms with van der Waals surface area (Å²) < 4.78 is 0. The molecule has 2 N–H and O–H groups in total. The highest BCUT2D eigenvalue weighted by Crippen LogP contribution is 2.41. The van der Waals surface area contributed by atoms with E-state index in [1.165, 1.54) is 5.56 Å². The Balaban J connectivity index is 1.73. The molecule has 0 spiro atoms. The minimum atomic E-state index is -1.11. The van der Waals surface area contributed by atoms with Crippen LogP contribution < -0.4 is 0 Å². The molecule has 0 aliphatic carbocycles. The van der Waals surface area contributed by atoms with Crippen LogP contribution in [0.25, 0.3) is 0 Å². The van der Waals surface area contributed by atoms with Crippen molar-refractivity contribution in [2.45, 2.75) is 57.2 Å². The van der Waals surface area contributed by atoms with Crippen LogP contribution in [0, 0.1) is 0 Å². The van der Waals surface area contributed by atoms with Crippen molar-refractivity contribution >= 4 is 0 Å². The van der Waals surface area contributed by atoms with E-state index in [4.69, 9.17) is 0 Å². The number of hydrogen-bond acceptors (Lipinski definition) is 3. The molecule has 0 aromatic heterocycles. The maximum absolute atomic E-state index is 12.3. The number of rotatable bonds is 5. The van der Waals surface area contributed by atoms with Crippen molar-refractivity contribution in [2.24, 2.45) is 0 Å². The highest BCUT2D eigenvalue weighted by Gasteiger charge is 2.45. The fourth-order valence-electron chi connectivity index (χ4n) is 4.82. The van der Waals surface area contributed by atoms with Crippen molar-refractivity contribution in [1.82, 2.24) is 4.90 Å². The zero-order valence-corrected chi connectivity index (χ0v) is 18.8. The molecule has 31 heavy (non-hydrogen) atoms. The molecule has 0 bridgehead atoms. The topological polar surface area (TPSA) is 43.7 Å². The Kier molecular flexibility index (Phi) is 5.92. The third-order valence-corrected chi connectivity index (χ3v) is 6.59. The van der Waals surface area contributed by atoms with Crippen LogP contribution in [0.3, 0.4) is 0 Å². The molecule has 1 aliphatic rings. The Hall–Kier alpha value is -2.62. The molecule has 4 rings (SSSR count). The Bertz CT molecular complexity index is 969. The van der Waals surface area contributed by atoms with Gasteiger partial charge in [0.15, 0.2) is 0 Å². The predicted octanol–water partition coefficient (Wildman–Crippen LogP) is 5.59. The molecule has 3 aromatic carbocycles. The third kappa shape index (κ3) is 4.26. The van der Waals surface area contributed by atoms with E-state index in [-0.39, 0.29) is 11.5 Å². The lowest BCUT2D eigenvalue weighted by atomic mass is 9.79. The number of aromatic hydroxyl groups is 1. The van der Waals surface area contributed by atoms with Crippen LogP contribution in [-0.2, 0) is 17.6 Å². The summed E-state index contributed by atoms with van der Waals surface area (Å²) in [5, 5.41) is 22.8. The summed E-state index contributed by atoms with van der Waals surface area (Å²) in [6.07, 6.45) is 1.92. The van der Waals surface area contributed by atoms with Crippen molar-refractivity contribution in [3.05, 3.63) is 101 Å². The van der Waals surface area contributed by atoms with Gasteiger partial charge in [-0.15, -0.1) is 0 Å². The fourth-order valence-corrected chi connectivity index (χ4v) is 4.82. The van der Waals surface area contributed by atoms with Gasteiger partial charge >= 0.3 is 0 Å². The number of benzene rings is 3.